The van der Waals surface area contributed by atoms with Gasteiger partial charge in [0.25, 0.3) is 23.1 Å². The Labute approximate surface area is 597 Å². The molecule has 0 aliphatic carbocycles. The first-order valence-corrected chi connectivity index (χ1v) is 32.6. The summed E-state index contributed by atoms with van der Waals surface area (Å²) in [5.74, 6) is -27.6. The molecule has 6 heterocycles. The Morgan fingerprint density at radius 2 is 0.726 bits per heavy atom. The zero-order valence-corrected chi connectivity index (χ0v) is 56.8. The van der Waals surface area contributed by atoms with Gasteiger partial charge in [0.2, 0.25) is 29.5 Å². The predicted molar refractivity (Wildman–Crippen MR) is 326 cm³/mol. The second kappa shape index (κ2) is 36.7. The average Bonchev–Trinajstić information content (AvgIpc) is 0.758. The van der Waals surface area contributed by atoms with Gasteiger partial charge in [-0.15, -0.1) is 0 Å². The fourth-order valence-electron chi connectivity index (χ4n) is 13.2. The lowest BCUT2D eigenvalue weighted by Gasteiger charge is -2.51. The maximum absolute atomic E-state index is 13.7. The first-order chi connectivity index (χ1) is 49.4. The van der Waals surface area contributed by atoms with E-state index >= 15 is 0 Å². The molecular formula is C58H93N5O43. The third-order valence-corrected chi connectivity index (χ3v) is 18.4. The third kappa shape index (κ3) is 19.6. The summed E-state index contributed by atoms with van der Waals surface area (Å²) in [7, 11) is 0. The number of nitrogens with one attached hydrogen (secondary N) is 5. The van der Waals surface area contributed by atoms with Crippen molar-refractivity contribution in [2.45, 2.75) is 267 Å². The molecule has 6 aliphatic rings. The number of carboxylic acids is 4. The number of rotatable bonds is 33. The second-order valence-corrected chi connectivity index (χ2v) is 26.2. The number of aliphatic carboxylic acids is 4. The van der Waals surface area contributed by atoms with Crippen LogP contribution in [0.2, 0.25) is 0 Å². The fourth-order valence-corrected chi connectivity index (χ4v) is 13.2. The van der Waals surface area contributed by atoms with Gasteiger partial charge in [-0.3, -0.25) is 24.0 Å². The highest BCUT2D eigenvalue weighted by molar-refractivity contribution is 5.79. The molecule has 6 saturated heterocycles. The Morgan fingerprint density at radius 3 is 1.07 bits per heavy atom. The van der Waals surface area contributed by atoms with Gasteiger partial charge in [-0.2, -0.15) is 0 Å². The van der Waals surface area contributed by atoms with Gasteiger partial charge >= 0.3 is 23.9 Å². The molecule has 0 spiro atoms. The molecule has 1 unspecified atom stereocenters. The van der Waals surface area contributed by atoms with Crippen LogP contribution in [0, 0.1) is 0 Å². The predicted octanol–water partition coefficient (Wildman–Crippen LogP) is -16.6. The standard InChI is InChI=1S/C58H93N5O43/c1-16(69)59-31-22(75)7-56(52(90)91,103-44(31)36(80)25(78)10-64)100-28(13-67)39(83)46-33(61-18(3)71)21(74)6-55(102-46,51(88)89)96-15-30-41(85)43(35(49(87)97-30)63-20(5)73)99-50-42(86)48(38(82)27(12-66)98-50)106-58(54(94)95)9-24(77)34(62-19(4)72)47(105-58)40(84)29(14-68)101-57(53(92)93)8-23(76)32(60-17(2)70)45(104-57)37(81)26(79)11-65/h21-50,64-68,74-87H,6-15H2,1-5H3,(H,59,69)(H,60,70)(H,61,71)(H,62,72)(H,63,73)(H,88,89)(H,90,91)(H,92,93)(H,94,95)/t21-,22-,23-,24-,25+,26+,27+,28+,29+,30+,31+,32+,33+,34+,35+,36+,37+,38-,39+,40+,41-,42+,43+,44+,45+,46+,47+,48-,49?,50-,55+,56+,57+,58-/m0/s1. The average molecular weight is 1550 g/mol. The van der Waals surface area contributed by atoms with Gasteiger partial charge in [0.1, 0.15) is 122 Å². The number of hydrogen-bond donors (Lipinski definition) is 28. The van der Waals surface area contributed by atoms with Crippen LogP contribution in [0.3, 0.4) is 0 Å². The van der Waals surface area contributed by atoms with Crippen LogP contribution in [0.25, 0.3) is 0 Å². The van der Waals surface area contributed by atoms with E-state index in [9.17, 15) is 161 Å². The van der Waals surface area contributed by atoms with E-state index in [-0.39, 0.29) is 0 Å². The maximum Gasteiger partial charge on any atom is 0.364 e. The van der Waals surface area contributed by atoms with Gasteiger partial charge < -0.3 is 196 Å². The zero-order chi connectivity index (χ0) is 79.9. The first kappa shape index (κ1) is 88.9. The molecular weight excluding hydrogens is 1450 g/mol. The zero-order valence-electron chi connectivity index (χ0n) is 56.8. The van der Waals surface area contributed by atoms with E-state index in [4.69, 9.17) is 52.1 Å². The summed E-state index contributed by atoms with van der Waals surface area (Å²) in [6.07, 6.45) is -64.8. The van der Waals surface area contributed by atoms with E-state index in [0.29, 0.717) is 0 Å². The van der Waals surface area contributed by atoms with Crippen molar-refractivity contribution in [1.82, 2.24) is 26.6 Å². The number of hydrogen-bond acceptors (Lipinski definition) is 39. The minimum absolute atomic E-state index is 0.840. The van der Waals surface area contributed by atoms with Crippen LogP contribution in [-0.4, -0.2) is 417 Å². The molecule has 0 aromatic heterocycles. The molecule has 48 nitrogen and oxygen atoms in total. The third-order valence-electron chi connectivity index (χ3n) is 18.4. The molecule has 48 heteroatoms. The summed E-state index contributed by atoms with van der Waals surface area (Å²) in [5.41, 5.74) is 0. The highest BCUT2D eigenvalue weighted by Crippen LogP contribution is 2.43. The Kier molecular flexibility index (Phi) is 30.8. The Bertz CT molecular complexity index is 3040. The molecule has 6 aliphatic heterocycles. The van der Waals surface area contributed by atoms with Crippen LogP contribution < -0.4 is 26.6 Å². The van der Waals surface area contributed by atoms with Crippen LogP contribution in [0.5, 0.6) is 0 Å². The molecule has 0 bridgehead atoms. The molecule has 5 amide bonds. The minimum Gasteiger partial charge on any atom is -0.477 e. The van der Waals surface area contributed by atoms with E-state index < -0.39 is 325 Å². The molecule has 0 saturated carbocycles. The first-order valence-electron chi connectivity index (χ1n) is 32.6. The van der Waals surface area contributed by atoms with E-state index in [1.54, 1.807) is 0 Å². The number of amides is 5. The molecule has 0 radical (unpaired) electrons. The summed E-state index contributed by atoms with van der Waals surface area (Å²) < 4.78 is 62.5. The maximum atomic E-state index is 13.7. The lowest BCUT2D eigenvalue weighted by atomic mass is 9.87. The normalized spacial score (nSPS) is 40.1. The topological polar surface area (TPSA) is 781 Å². The number of aliphatic hydroxyl groups excluding tert-OH is 19. The second-order valence-electron chi connectivity index (χ2n) is 26.2. The molecule has 0 aromatic rings. The fraction of sp³-hybridized carbons (Fsp3) is 0.845. The van der Waals surface area contributed by atoms with Crippen molar-refractivity contribution in [2.24, 2.45) is 0 Å². The van der Waals surface area contributed by atoms with Crippen molar-refractivity contribution in [1.29, 1.82) is 0 Å². The van der Waals surface area contributed by atoms with Crippen LogP contribution in [0.15, 0.2) is 0 Å². The van der Waals surface area contributed by atoms with Crippen molar-refractivity contribution < 1.29 is 213 Å². The molecule has 6 fully saturated rings. The van der Waals surface area contributed by atoms with Crippen molar-refractivity contribution in [3.8, 4) is 0 Å². The molecule has 34 atom stereocenters. The largest absolute Gasteiger partial charge is 0.477 e. The molecule has 106 heavy (non-hydrogen) atoms. The van der Waals surface area contributed by atoms with Gasteiger partial charge in [0.15, 0.2) is 12.6 Å². The van der Waals surface area contributed by atoms with Gasteiger partial charge in [0, 0.05) is 60.3 Å². The van der Waals surface area contributed by atoms with Crippen molar-refractivity contribution in [3.63, 3.8) is 0 Å². The summed E-state index contributed by atoms with van der Waals surface area (Å²) in [4.78, 5) is 116. The van der Waals surface area contributed by atoms with Crippen LogP contribution >= 0.6 is 0 Å². The Hall–Kier alpha value is -5.97. The van der Waals surface area contributed by atoms with E-state index in [2.05, 4.69) is 26.6 Å². The van der Waals surface area contributed by atoms with Gasteiger partial charge in [-0.1, -0.05) is 0 Å². The van der Waals surface area contributed by atoms with E-state index in [0.717, 1.165) is 34.6 Å². The lowest BCUT2D eigenvalue weighted by Crippen LogP contribution is -2.72. The minimum atomic E-state index is -3.58. The van der Waals surface area contributed by atoms with Crippen LogP contribution in [0.1, 0.15) is 60.3 Å². The SMILES string of the molecule is CC(=O)N[C@H]1[C@H]([C@H](O)[C@H](O)CO)O[C@@](O[C@H](CO)[C@@H](O)[C@@H]2O[C@@](OC[C@H]3OC(O)[C@H](NC(C)=O)[C@@H](O[C@@H]4O[C@H](CO)[C@H](O)[C@H](O[C@]5(C(=O)O)C[C@H](O)[C@@H](NC(C)=O)[C@H]([C@H](O)[C@@H](CO)O[C@]6(C(=O)O)C[C@H](O)[C@@H](NC(C)=O)[C@H]([C@H](O)[C@H](O)CO)O6)O5)[C@H]4O)[C@H]3O)(C(=O)O)C[C@H](O)[C@H]2NC(C)=O)(C(=O)O)C[C@@H]1O. The number of carboxylic acid groups (broad SMARTS) is 4. The Morgan fingerprint density at radius 1 is 0.406 bits per heavy atom. The molecule has 608 valence electrons. The summed E-state index contributed by atoms with van der Waals surface area (Å²) in [6.45, 7) is -3.86. The highest BCUT2D eigenvalue weighted by Gasteiger charge is 2.65. The van der Waals surface area contributed by atoms with Crippen molar-refractivity contribution in [2.75, 3.05) is 39.6 Å². The highest BCUT2D eigenvalue weighted by atomic mass is 16.8. The van der Waals surface area contributed by atoms with Gasteiger partial charge in [0.05, 0.1) is 88.2 Å². The quantitative estimate of drug-likeness (QED) is 0.0290. The van der Waals surface area contributed by atoms with Crippen molar-refractivity contribution >= 4 is 53.4 Å². The van der Waals surface area contributed by atoms with Crippen LogP contribution in [0.4, 0.5) is 0 Å². The summed E-state index contributed by atoms with van der Waals surface area (Å²) >= 11 is 0. The van der Waals surface area contributed by atoms with Crippen molar-refractivity contribution in [3.05, 3.63) is 0 Å². The molecule has 0 aromatic carbocycles. The number of carbonyl (C=O) groups is 9. The smallest absolute Gasteiger partial charge is 0.364 e. The summed E-state index contributed by atoms with van der Waals surface area (Å²) in [5, 5.41) is 265. The number of ether oxygens (including phenoxy) is 11. The van der Waals surface area contributed by atoms with Gasteiger partial charge in [-0.25, -0.2) is 19.2 Å². The van der Waals surface area contributed by atoms with E-state index in [1.165, 1.54) is 0 Å². The summed E-state index contributed by atoms with van der Waals surface area (Å²) in [6, 6.07) is -9.67. The molecule has 28 N–H and O–H groups in total. The van der Waals surface area contributed by atoms with E-state index in [1.807, 2.05) is 0 Å². The Balaban J connectivity index is 1.31. The molecule has 6 rings (SSSR count). The van der Waals surface area contributed by atoms with Gasteiger partial charge in [-0.05, 0) is 0 Å². The monoisotopic (exact) mass is 1550 g/mol. The number of carbonyl (C=O) groups excluding carboxylic acids is 5. The lowest BCUT2D eigenvalue weighted by molar-refractivity contribution is -0.384. The number of aliphatic hydroxyl groups is 19. The van der Waals surface area contributed by atoms with Crippen LogP contribution in [-0.2, 0) is 95.3 Å².